The summed E-state index contributed by atoms with van der Waals surface area (Å²) in [7, 11) is 0. The smallest absolute Gasteiger partial charge is 0.118 e. The molecule has 0 aliphatic heterocycles. The van der Waals surface area contributed by atoms with E-state index in [-0.39, 0.29) is 5.41 Å². The number of rotatable bonds is 6. The Morgan fingerprint density at radius 2 is 1.07 bits per heavy atom. The van der Waals surface area contributed by atoms with Gasteiger partial charge < -0.3 is 15.3 Å². The number of aromatic hydroxyl groups is 2. The van der Waals surface area contributed by atoms with Crippen molar-refractivity contribution in [1.29, 1.82) is 0 Å². The van der Waals surface area contributed by atoms with Gasteiger partial charge >= 0.3 is 0 Å². The molecule has 168 valence electrons. The molecule has 3 N–H and O–H groups in total. The summed E-state index contributed by atoms with van der Waals surface area (Å²) in [5.74, 6) is 1.36. The van der Waals surface area contributed by atoms with Gasteiger partial charge in [0, 0.05) is 5.41 Å². The van der Waals surface area contributed by atoms with E-state index in [2.05, 4.69) is 26.0 Å². The second kappa shape index (κ2) is 10.3. The van der Waals surface area contributed by atoms with Crippen molar-refractivity contribution < 1.29 is 15.3 Å². The SMILES string of the molecule is CC(C)C(C)(O)C(C)C.CCC(CC)(c1ccc(O)c(C)c1)c1ccc(O)c(C)c1. The van der Waals surface area contributed by atoms with Crippen LogP contribution in [0, 0.1) is 25.7 Å². The summed E-state index contributed by atoms with van der Waals surface area (Å²) in [6, 6.07) is 11.7. The van der Waals surface area contributed by atoms with E-state index in [0.29, 0.717) is 23.3 Å². The van der Waals surface area contributed by atoms with Crippen molar-refractivity contribution in [2.45, 2.75) is 86.2 Å². The van der Waals surface area contributed by atoms with Gasteiger partial charge in [-0.2, -0.15) is 0 Å². The summed E-state index contributed by atoms with van der Waals surface area (Å²) in [5.41, 5.74) is 3.64. The molecule has 0 aliphatic rings. The molecule has 0 saturated carbocycles. The zero-order valence-electron chi connectivity index (χ0n) is 20.4. The lowest BCUT2D eigenvalue weighted by molar-refractivity contribution is -0.0289. The average Bonchev–Trinajstić information content (AvgIpc) is 2.68. The monoisotopic (exact) mass is 414 g/mol. The van der Waals surface area contributed by atoms with Crippen molar-refractivity contribution in [2.75, 3.05) is 0 Å². The molecule has 0 amide bonds. The van der Waals surface area contributed by atoms with Crippen molar-refractivity contribution in [2.24, 2.45) is 11.8 Å². The van der Waals surface area contributed by atoms with Crippen LogP contribution in [0.15, 0.2) is 36.4 Å². The van der Waals surface area contributed by atoms with Gasteiger partial charge in [0.15, 0.2) is 0 Å². The summed E-state index contributed by atoms with van der Waals surface area (Å²) in [6.45, 7) is 18.3. The fourth-order valence-corrected chi connectivity index (χ4v) is 3.81. The van der Waals surface area contributed by atoms with Gasteiger partial charge in [-0.1, -0.05) is 65.8 Å². The maximum Gasteiger partial charge on any atom is 0.118 e. The van der Waals surface area contributed by atoms with Gasteiger partial charge in [0.1, 0.15) is 11.5 Å². The Balaban J connectivity index is 0.000000424. The molecule has 0 aliphatic carbocycles. The minimum atomic E-state index is -0.500. The topological polar surface area (TPSA) is 60.7 Å². The Morgan fingerprint density at radius 3 is 1.27 bits per heavy atom. The molecule has 0 spiro atoms. The maximum absolute atomic E-state index is 9.77. The van der Waals surface area contributed by atoms with Crippen LogP contribution in [-0.2, 0) is 5.41 Å². The van der Waals surface area contributed by atoms with Gasteiger partial charge in [0.25, 0.3) is 0 Å². The molecule has 0 saturated heterocycles. The zero-order valence-corrected chi connectivity index (χ0v) is 20.4. The van der Waals surface area contributed by atoms with E-state index in [0.717, 1.165) is 24.0 Å². The Hall–Kier alpha value is -2.00. The quantitative estimate of drug-likeness (QED) is 0.483. The molecule has 2 aromatic rings. The van der Waals surface area contributed by atoms with Crippen molar-refractivity contribution >= 4 is 0 Å². The number of aryl methyl sites for hydroxylation is 2. The third-order valence-corrected chi connectivity index (χ3v) is 7.04. The molecule has 0 atom stereocenters. The first kappa shape index (κ1) is 26.0. The minimum absolute atomic E-state index is 0.0864. The molecule has 3 heteroatoms. The fourth-order valence-electron chi connectivity index (χ4n) is 3.81. The second-order valence-corrected chi connectivity index (χ2v) is 9.33. The maximum atomic E-state index is 9.77. The van der Waals surface area contributed by atoms with Gasteiger partial charge in [0.2, 0.25) is 0 Å². The predicted molar refractivity (Wildman–Crippen MR) is 127 cm³/mol. The van der Waals surface area contributed by atoms with Crippen LogP contribution >= 0.6 is 0 Å². The largest absolute Gasteiger partial charge is 0.508 e. The van der Waals surface area contributed by atoms with E-state index in [4.69, 9.17) is 0 Å². The van der Waals surface area contributed by atoms with Crippen LogP contribution in [0.2, 0.25) is 0 Å². The Morgan fingerprint density at radius 1 is 0.733 bits per heavy atom. The molecule has 0 bridgehead atoms. The summed E-state index contributed by atoms with van der Waals surface area (Å²) >= 11 is 0. The van der Waals surface area contributed by atoms with E-state index in [1.165, 1.54) is 11.1 Å². The molecular weight excluding hydrogens is 372 g/mol. The number of hydrogen-bond acceptors (Lipinski definition) is 3. The van der Waals surface area contributed by atoms with Gasteiger partial charge in [-0.3, -0.25) is 0 Å². The van der Waals surface area contributed by atoms with Crippen molar-refractivity contribution in [3.63, 3.8) is 0 Å². The van der Waals surface area contributed by atoms with E-state index in [9.17, 15) is 15.3 Å². The van der Waals surface area contributed by atoms with Crippen LogP contribution in [0.25, 0.3) is 0 Å². The van der Waals surface area contributed by atoms with Crippen molar-refractivity contribution in [3.05, 3.63) is 58.7 Å². The lowest BCUT2D eigenvalue weighted by Gasteiger charge is -2.34. The normalized spacial score (nSPS) is 12.1. The molecular formula is C27H42O3. The molecule has 2 aromatic carbocycles. The minimum Gasteiger partial charge on any atom is -0.508 e. The highest BCUT2D eigenvalue weighted by atomic mass is 16.3. The molecule has 30 heavy (non-hydrogen) atoms. The van der Waals surface area contributed by atoms with Gasteiger partial charge in [-0.05, 0) is 79.8 Å². The number of phenols is 2. The first-order valence-electron chi connectivity index (χ1n) is 11.2. The van der Waals surface area contributed by atoms with Crippen LogP contribution in [0.5, 0.6) is 11.5 Å². The van der Waals surface area contributed by atoms with Crippen LogP contribution in [0.4, 0.5) is 0 Å². The highest BCUT2D eigenvalue weighted by Gasteiger charge is 2.31. The number of hydrogen-bond donors (Lipinski definition) is 3. The number of phenolic OH excluding ortho intramolecular Hbond substituents is 2. The summed E-state index contributed by atoms with van der Waals surface area (Å²) in [5, 5.41) is 29.2. The highest BCUT2D eigenvalue weighted by Crippen LogP contribution is 2.41. The van der Waals surface area contributed by atoms with E-state index in [1.54, 1.807) is 12.1 Å². The molecule has 0 aromatic heterocycles. The Bertz CT molecular complexity index is 751. The van der Waals surface area contributed by atoms with Crippen molar-refractivity contribution in [3.8, 4) is 11.5 Å². The lowest BCUT2D eigenvalue weighted by Crippen LogP contribution is -2.36. The molecule has 0 radical (unpaired) electrons. The van der Waals surface area contributed by atoms with Gasteiger partial charge in [-0.25, -0.2) is 0 Å². The lowest BCUT2D eigenvalue weighted by atomic mass is 9.70. The van der Waals surface area contributed by atoms with E-state index >= 15 is 0 Å². The Kier molecular flexibility index (Phi) is 8.98. The third-order valence-electron chi connectivity index (χ3n) is 7.04. The molecule has 2 rings (SSSR count). The van der Waals surface area contributed by atoms with Gasteiger partial charge in [-0.15, -0.1) is 0 Å². The van der Waals surface area contributed by atoms with Crippen LogP contribution in [0.1, 0.15) is 83.6 Å². The molecule has 0 heterocycles. The van der Waals surface area contributed by atoms with E-state index in [1.807, 2.05) is 60.6 Å². The highest BCUT2D eigenvalue weighted by molar-refractivity contribution is 5.47. The van der Waals surface area contributed by atoms with Gasteiger partial charge in [0.05, 0.1) is 5.60 Å². The predicted octanol–water partition coefficient (Wildman–Crippen LogP) is 6.87. The first-order valence-corrected chi connectivity index (χ1v) is 11.2. The average molecular weight is 415 g/mol. The zero-order chi connectivity index (χ0) is 23.3. The van der Waals surface area contributed by atoms with Crippen molar-refractivity contribution in [1.82, 2.24) is 0 Å². The van der Waals surface area contributed by atoms with Crippen LogP contribution in [-0.4, -0.2) is 20.9 Å². The fraction of sp³-hybridized carbons (Fsp3) is 0.556. The molecule has 0 unspecified atom stereocenters. The van der Waals surface area contributed by atoms with E-state index < -0.39 is 5.60 Å². The standard InChI is InChI=1S/C19H24O2.C8H18O/c1-5-19(6-2,15-7-9-17(20)13(3)11-15)16-8-10-18(21)14(4)12-16;1-6(2)8(5,9)7(3)4/h7-12,20-21H,5-6H2,1-4H3;6-7,9H,1-5H3. The van der Waals surface area contributed by atoms with Crippen LogP contribution in [0.3, 0.4) is 0 Å². The number of aliphatic hydroxyl groups is 1. The summed E-state index contributed by atoms with van der Waals surface area (Å²) in [6.07, 6.45) is 1.94. The van der Waals surface area contributed by atoms with Crippen LogP contribution < -0.4 is 0 Å². The first-order chi connectivity index (χ1) is 13.8. The number of benzene rings is 2. The second-order valence-electron chi connectivity index (χ2n) is 9.33. The molecule has 3 nitrogen and oxygen atoms in total. The Labute approximate surface area is 183 Å². The summed E-state index contributed by atoms with van der Waals surface area (Å²) < 4.78 is 0. The third kappa shape index (κ3) is 5.57. The molecule has 0 fully saturated rings. The summed E-state index contributed by atoms with van der Waals surface area (Å²) in [4.78, 5) is 0.